The summed E-state index contributed by atoms with van der Waals surface area (Å²) in [5.74, 6) is -1.23. The third kappa shape index (κ3) is 4.13. The zero-order valence-corrected chi connectivity index (χ0v) is 13.9. The molecule has 1 heterocycles. The van der Waals surface area contributed by atoms with Crippen LogP contribution < -0.4 is 10.1 Å². The summed E-state index contributed by atoms with van der Waals surface area (Å²) in [5, 5.41) is 16.0. The number of nitrogens with zero attached hydrogens (tertiary/aromatic N) is 2. The number of hydrogen-bond acceptors (Lipinski definition) is 4. The van der Waals surface area contributed by atoms with Crippen molar-refractivity contribution >= 4 is 11.9 Å². The van der Waals surface area contributed by atoms with E-state index in [1.165, 1.54) is 11.8 Å². The molecule has 1 aromatic heterocycles. The van der Waals surface area contributed by atoms with Gasteiger partial charge in [0.2, 0.25) is 0 Å². The second-order valence-corrected chi connectivity index (χ2v) is 5.82. The molecule has 2 rings (SSSR count). The lowest BCUT2D eigenvalue weighted by molar-refractivity contribution is -0.139. The Bertz CT molecular complexity index is 710. The molecule has 0 aliphatic carbocycles. The normalized spacial score (nSPS) is 12.0. The molecule has 2 N–H and O–H groups in total. The summed E-state index contributed by atoms with van der Waals surface area (Å²) >= 11 is 0. The number of aliphatic carboxylic acids is 1. The zero-order valence-electron chi connectivity index (χ0n) is 13.9. The number of hydrogen-bond donors (Lipinski definition) is 2. The standard InChI is InChI=1S/C17H21N3O4/c1-11(2)9-13(17(22)23)18-16(21)15-14(24-3)10-20(19-15)12-7-5-4-6-8-12/h4-8,10-11,13H,9H2,1-3H3,(H,18,21)(H,22,23)/t13-/m1/s1. The number of methoxy groups -OCH3 is 1. The smallest absolute Gasteiger partial charge is 0.326 e. The van der Waals surface area contributed by atoms with Crippen LogP contribution in [0.25, 0.3) is 5.69 Å². The number of para-hydroxylation sites is 1. The molecule has 1 amide bonds. The minimum atomic E-state index is -1.07. The maximum atomic E-state index is 12.4. The predicted octanol–water partition coefficient (Wildman–Crippen LogP) is 2.11. The molecular formula is C17H21N3O4. The van der Waals surface area contributed by atoms with E-state index < -0.39 is 17.9 Å². The summed E-state index contributed by atoms with van der Waals surface area (Å²) in [6.45, 7) is 3.79. The van der Waals surface area contributed by atoms with Gasteiger partial charge in [0.1, 0.15) is 6.04 Å². The third-order valence-corrected chi connectivity index (χ3v) is 3.45. The van der Waals surface area contributed by atoms with E-state index >= 15 is 0 Å². The third-order valence-electron chi connectivity index (χ3n) is 3.45. The Morgan fingerprint density at radius 2 is 1.96 bits per heavy atom. The van der Waals surface area contributed by atoms with Crippen molar-refractivity contribution in [1.29, 1.82) is 0 Å². The highest BCUT2D eigenvalue weighted by Crippen LogP contribution is 2.20. The van der Waals surface area contributed by atoms with E-state index in [0.717, 1.165) is 5.69 Å². The van der Waals surface area contributed by atoms with Gasteiger partial charge in [0, 0.05) is 0 Å². The summed E-state index contributed by atoms with van der Waals surface area (Å²) in [6, 6.07) is 8.30. The molecule has 7 nitrogen and oxygen atoms in total. The van der Waals surface area contributed by atoms with Crippen LogP contribution in [0.1, 0.15) is 30.8 Å². The number of nitrogens with one attached hydrogen (secondary N) is 1. The van der Waals surface area contributed by atoms with Gasteiger partial charge in [-0.25, -0.2) is 9.48 Å². The Morgan fingerprint density at radius 3 is 2.50 bits per heavy atom. The van der Waals surface area contributed by atoms with Gasteiger partial charge in [0.15, 0.2) is 11.4 Å². The first-order valence-electron chi connectivity index (χ1n) is 7.65. The van der Waals surface area contributed by atoms with Gasteiger partial charge < -0.3 is 15.2 Å². The van der Waals surface area contributed by atoms with Gasteiger partial charge in [-0.05, 0) is 24.5 Å². The van der Waals surface area contributed by atoms with E-state index in [9.17, 15) is 14.7 Å². The number of ether oxygens (including phenoxy) is 1. The molecular weight excluding hydrogens is 310 g/mol. The SMILES string of the molecule is COc1cn(-c2ccccc2)nc1C(=O)N[C@H](CC(C)C)C(=O)O. The van der Waals surface area contributed by atoms with Crippen LogP contribution in [0.15, 0.2) is 36.5 Å². The first-order valence-corrected chi connectivity index (χ1v) is 7.65. The Hall–Kier alpha value is -2.83. The molecule has 0 spiro atoms. The molecule has 0 radical (unpaired) electrons. The van der Waals surface area contributed by atoms with Gasteiger partial charge in [-0.1, -0.05) is 32.0 Å². The molecule has 128 valence electrons. The largest absolute Gasteiger partial charge is 0.493 e. The average Bonchev–Trinajstić information content (AvgIpc) is 2.99. The van der Waals surface area contributed by atoms with Gasteiger partial charge in [-0.15, -0.1) is 0 Å². The molecule has 2 aromatic rings. The fraction of sp³-hybridized carbons (Fsp3) is 0.353. The molecule has 0 saturated carbocycles. The number of carbonyl (C=O) groups excluding carboxylic acids is 1. The lowest BCUT2D eigenvalue weighted by Gasteiger charge is -2.15. The van der Waals surface area contributed by atoms with E-state index in [2.05, 4.69) is 10.4 Å². The lowest BCUT2D eigenvalue weighted by atomic mass is 10.0. The van der Waals surface area contributed by atoms with Gasteiger partial charge in [-0.3, -0.25) is 4.79 Å². The van der Waals surface area contributed by atoms with Crippen LogP contribution in [0, 0.1) is 5.92 Å². The molecule has 0 bridgehead atoms. The predicted molar refractivity (Wildman–Crippen MR) is 88.5 cm³/mol. The van der Waals surface area contributed by atoms with Crippen LogP contribution in [0.5, 0.6) is 5.75 Å². The minimum Gasteiger partial charge on any atom is -0.493 e. The number of benzene rings is 1. The number of rotatable bonds is 7. The van der Waals surface area contributed by atoms with Gasteiger partial charge >= 0.3 is 5.97 Å². The Labute approximate surface area is 140 Å². The summed E-state index contributed by atoms with van der Waals surface area (Å²) in [4.78, 5) is 23.7. The molecule has 0 aliphatic heterocycles. The molecule has 0 fully saturated rings. The fourth-order valence-corrected chi connectivity index (χ4v) is 2.30. The topological polar surface area (TPSA) is 93.5 Å². The van der Waals surface area contributed by atoms with E-state index in [1.54, 1.807) is 6.20 Å². The van der Waals surface area contributed by atoms with Gasteiger partial charge in [0.05, 0.1) is 19.0 Å². The summed E-state index contributed by atoms with van der Waals surface area (Å²) < 4.78 is 6.72. The van der Waals surface area contributed by atoms with Crippen LogP contribution in [-0.2, 0) is 4.79 Å². The van der Waals surface area contributed by atoms with Crippen molar-refractivity contribution in [2.24, 2.45) is 5.92 Å². The van der Waals surface area contributed by atoms with Crippen LogP contribution in [-0.4, -0.2) is 39.9 Å². The monoisotopic (exact) mass is 331 g/mol. The number of aromatic nitrogens is 2. The Morgan fingerprint density at radius 1 is 1.29 bits per heavy atom. The second-order valence-electron chi connectivity index (χ2n) is 5.82. The highest BCUT2D eigenvalue weighted by atomic mass is 16.5. The maximum absolute atomic E-state index is 12.4. The fourth-order valence-electron chi connectivity index (χ4n) is 2.30. The highest BCUT2D eigenvalue weighted by Gasteiger charge is 2.25. The number of carbonyl (C=O) groups is 2. The maximum Gasteiger partial charge on any atom is 0.326 e. The van der Waals surface area contributed by atoms with Crippen LogP contribution in [0.3, 0.4) is 0 Å². The van der Waals surface area contributed by atoms with Crippen LogP contribution in [0.4, 0.5) is 0 Å². The number of amides is 1. The van der Waals surface area contributed by atoms with Crippen molar-refractivity contribution in [3.63, 3.8) is 0 Å². The summed E-state index contributed by atoms with van der Waals surface area (Å²) in [7, 11) is 1.44. The molecule has 1 atom stereocenters. The molecule has 0 unspecified atom stereocenters. The van der Waals surface area contributed by atoms with Crippen molar-refractivity contribution in [3.05, 3.63) is 42.2 Å². The van der Waals surface area contributed by atoms with Crippen LogP contribution >= 0.6 is 0 Å². The van der Waals surface area contributed by atoms with E-state index in [4.69, 9.17) is 4.74 Å². The van der Waals surface area contributed by atoms with E-state index in [-0.39, 0.29) is 17.4 Å². The molecule has 0 saturated heterocycles. The van der Waals surface area contributed by atoms with E-state index in [0.29, 0.717) is 6.42 Å². The first-order chi connectivity index (χ1) is 11.4. The van der Waals surface area contributed by atoms with Crippen molar-refractivity contribution in [1.82, 2.24) is 15.1 Å². The molecule has 7 heteroatoms. The van der Waals surface area contributed by atoms with Gasteiger partial charge in [-0.2, -0.15) is 5.10 Å². The van der Waals surface area contributed by atoms with Gasteiger partial charge in [0.25, 0.3) is 5.91 Å². The van der Waals surface area contributed by atoms with Crippen molar-refractivity contribution < 1.29 is 19.4 Å². The molecule has 1 aromatic carbocycles. The van der Waals surface area contributed by atoms with Crippen molar-refractivity contribution in [3.8, 4) is 11.4 Å². The first kappa shape index (κ1) is 17.5. The molecule has 0 aliphatic rings. The minimum absolute atomic E-state index is 0.0522. The summed E-state index contributed by atoms with van der Waals surface area (Å²) in [5.41, 5.74) is 0.822. The molecule has 24 heavy (non-hydrogen) atoms. The zero-order chi connectivity index (χ0) is 17.7. The highest BCUT2D eigenvalue weighted by molar-refractivity contribution is 5.97. The van der Waals surface area contributed by atoms with Crippen LogP contribution in [0.2, 0.25) is 0 Å². The Kier molecular flexibility index (Phi) is 5.57. The quantitative estimate of drug-likeness (QED) is 0.810. The average molecular weight is 331 g/mol. The number of carboxylic acids is 1. The van der Waals surface area contributed by atoms with Crippen molar-refractivity contribution in [2.45, 2.75) is 26.3 Å². The number of carboxylic acid groups (broad SMARTS) is 1. The summed E-state index contributed by atoms with van der Waals surface area (Å²) in [6.07, 6.45) is 1.92. The lowest BCUT2D eigenvalue weighted by Crippen LogP contribution is -2.41. The van der Waals surface area contributed by atoms with E-state index in [1.807, 2.05) is 44.2 Å². The second kappa shape index (κ2) is 7.63. The van der Waals surface area contributed by atoms with Crippen molar-refractivity contribution in [2.75, 3.05) is 7.11 Å². The Balaban J connectivity index is 2.25.